The Kier molecular flexibility index (Phi) is 5.74. The summed E-state index contributed by atoms with van der Waals surface area (Å²) in [6.07, 6.45) is 0. The summed E-state index contributed by atoms with van der Waals surface area (Å²) in [7, 11) is 1.82. The highest BCUT2D eigenvalue weighted by Gasteiger charge is 2.23. The van der Waals surface area contributed by atoms with Crippen LogP contribution in [0, 0.1) is 6.92 Å². The number of aromatic nitrogens is 3. The normalized spacial score (nSPS) is 14.7. The third-order valence-corrected chi connectivity index (χ3v) is 7.21. The molecule has 0 bridgehead atoms. The number of carbonyl (C=O) groups is 1. The Morgan fingerprint density at radius 3 is 2.45 bits per heavy atom. The summed E-state index contributed by atoms with van der Waals surface area (Å²) in [4.78, 5) is 34.9. The predicted molar refractivity (Wildman–Crippen MR) is 133 cm³/mol. The van der Waals surface area contributed by atoms with Gasteiger partial charge in [-0.1, -0.05) is 41.7 Å². The summed E-state index contributed by atoms with van der Waals surface area (Å²) < 4.78 is 4.53. The van der Waals surface area contributed by atoms with Gasteiger partial charge in [-0.2, -0.15) is 0 Å². The van der Waals surface area contributed by atoms with Crippen LogP contribution in [-0.2, 0) is 11.8 Å². The van der Waals surface area contributed by atoms with Gasteiger partial charge < -0.3 is 10.2 Å². The van der Waals surface area contributed by atoms with Gasteiger partial charge >= 0.3 is 0 Å². The van der Waals surface area contributed by atoms with E-state index in [-0.39, 0.29) is 18.0 Å². The molecule has 9 heteroatoms. The highest BCUT2D eigenvalue weighted by molar-refractivity contribution is 7.22. The van der Waals surface area contributed by atoms with Crippen LogP contribution in [0.25, 0.3) is 15.9 Å². The first-order chi connectivity index (χ1) is 16.0. The Hall–Kier alpha value is -3.43. The highest BCUT2D eigenvalue weighted by Crippen LogP contribution is 2.29. The molecule has 1 N–H and O–H groups in total. The van der Waals surface area contributed by atoms with Crippen molar-refractivity contribution < 1.29 is 4.79 Å². The van der Waals surface area contributed by atoms with E-state index in [1.807, 2.05) is 62.5 Å². The van der Waals surface area contributed by atoms with Crippen molar-refractivity contribution >= 4 is 38.3 Å². The number of benzene rings is 2. The van der Waals surface area contributed by atoms with Gasteiger partial charge in [0.05, 0.1) is 28.1 Å². The van der Waals surface area contributed by atoms with E-state index in [2.05, 4.69) is 21.2 Å². The monoisotopic (exact) mass is 462 g/mol. The van der Waals surface area contributed by atoms with E-state index < -0.39 is 0 Å². The van der Waals surface area contributed by atoms with E-state index in [9.17, 15) is 9.59 Å². The summed E-state index contributed by atoms with van der Waals surface area (Å²) in [6.45, 7) is 5.27. The van der Waals surface area contributed by atoms with Crippen molar-refractivity contribution in [1.29, 1.82) is 0 Å². The van der Waals surface area contributed by atoms with Crippen LogP contribution < -0.4 is 15.8 Å². The number of hydrogen-bond donors (Lipinski definition) is 1. The van der Waals surface area contributed by atoms with Gasteiger partial charge in [-0.25, -0.2) is 9.67 Å². The number of nitrogens with one attached hydrogen (secondary N) is 1. The average Bonchev–Trinajstić information content (AvgIpc) is 3.35. The van der Waals surface area contributed by atoms with Crippen molar-refractivity contribution in [1.82, 2.24) is 19.2 Å². The van der Waals surface area contributed by atoms with Gasteiger partial charge in [-0.05, 0) is 31.2 Å². The van der Waals surface area contributed by atoms with Gasteiger partial charge in [0.1, 0.15) is 5.69 Å². The van der Waals surface area contributed by atoms with Crippen molar-refractivity contribution in [2.45, 2.75) is 6.92 Å². The Labute approximate surface area is 195 Å². The summed E-state index contributed by atoms with van der Waals surface area (Å²) in [5, 5.41) is 3.89. The molecule has 0 spiro atoms. The standard InChI is InChI=1S/C24H26N6O2S/c1-17-22(23(32)30(27(17)2)18-8-4-3-5-9-18)26-21(31)16-28-12-14-29(15-13-28)24-25-19-10-6-7-11-20(19)33-24/h3-11H,12-16H2,1-2H3,(H,26,31). The predicted octanol–water partition coefficient (Wildman–Crippen LogP) is 2.85. The quantitative estimate of drug-likeness (QED) is 0.494. The third-order valence-electron chi connectivity index (χ3n) is 6.11. The van der Waals surface area contributed by atoms with E-state index in [1.165, 1.54) is 4.70 Å². The molecule has 1 amide bonds. The molecule has 0 saturated carbocycles. The van der Waals surface area contributed by atoms with Crippen LogP contribution in [0.1, 0.15) is 5.69 Å². The SMILES string of the molecule is Cc1c(NC(=O)CN2CCN(c3nc4ccccc4s3)CC2)c(=O)n(-c2ccccc2)n1C. The van der Waals surface area contributed by atoms with Crippen molar-refractivity contribution in [2.75, 3.05) is 42.9 Å². The van der Waals surface area contributed by atoms with Crippen LogP contribution in [0.15, 0.2) is 59.4 Å². The largest absolute Gasteiger partial charge is 0.345 e. The van der Waals surface area contributed by atoms with Crippen molar-refractivity contribution in [3.8, 4) is 5.69 Å². The van der Waals surface area contributed by atoms with Crippen molar-refractivity contribution in [3.05, 3.63) is 70.6 Å². The molecular formula is C24H26N6O2S. The molecule has 0 aliphatic carbocycles. The van der Waals surface area contributed by atoms with Crippen LogP contribution in [0.2, 0.25) is 0 Å². The number of para-hydroxylation sites is 2. The first-order valence-corrected chi connectivity index (χ1v) is 11.8. The molecule has 33 heavy (non-hydrogen) atoms. The maximum atomic E-state index is 13.0. The van der Waals surface area contributed by atoms with E-state index in [4.69, 9.17) is 4.98 Å². The summed E-state index contributed by atoms with van der Waals surface area (Å²) in [5.74, 6) is -0.172. The summed E-state index contributed by atoms with van der Waals surface area (Å²) in [6, 6.07) is 17.6. The molecule has 0 atom stereocenters. The third kappa shape index (κ3) is 4.17. The number of hydrogen-bond acceptors (Lipinski definition) is 6. The molecule has 1 aliphatic rings. The molecule has 1 aliphatic heterocycles. The second-order valence-electron chi connectivity index (χ2n) is 8.21. The number of amides is 1. The van der Waals surface area contributed by atoms with E-state index in [0.29, 0.717) is 5.69 Å². The molecular weight excluding hydrogens is 436 g/mol. The lowest BCUT2D eigenvalue weighted by atomic mass is 10.3. The van der Waals surface area contributed by atoms with Crippen LogP contribution in [-0.4, -0.2) is 57.9 Å². The summed E-state index contributed by atoms with van der Waals surface area (Å²) in [5.41, 5.74) is 2.62. The molecule has 170 valence electrons. The zero-order valence-corrected chi connectivity index (χ0v) is 19.5. The molecule has 5 rings (SSSR count). The minimum absolute atomic E-state index is 0.172. The Balaban J connectivity index is 1.22. The maximum Gasteiger partial charge on any atom is 0.295 e. The van der Waals surface area contributed by atoms with Gasteiger partial charge in [0.2, 0.25) is 5.91 Å². The number of thiazole rings is 1. The average molecular weight is 463 g/mol. The first-order valence-electron chi connectivity index (χ1n) is 11.0. The Morgan fingerprint density at radius 1 is 1.03 bits per heavy atom. The zero-order chi connectivity index (χ0) is 22.9. The zero-order valence-electron chi connectivity index (χ0n) is 18.7. The molecule has 1 saturated heterocycles. The topological polar surface area (TPSA) is 75.4 Å². The van der Waals surface area contributed by atoms with Crippen LogP contribution >= 0.6 is 11.3 Å². The minimum Gasteiger partial charge on any atom is -0.345 e. The second kappa shape index (κ2) is 8.84. The van der Waals surface area contributed by atoms with Gasteiger partial charge in [0.15, 0.2) is 5.13 Å². The van der Waals surface area contributed by atoms with E-state index in [1.54, 1.807) is 20.7 Å². The fraction of sp³-hybridized carbons (Fsp3) is 0.292. The Bertz CT molecular complexity index is 1320. The van der Waals surface area contributed by atoms with Gasteiger partial charge in [-0.3, -0.25) is 19.2 Å². The number of fused-ring (bicyclic) bond motifs is 1. The molecule has 3 heterocycles. The van der Waals surface area contributed by atoms with Gasteiger partial charge in [0.25, 0.3) is 5.56 Å². The van der Waals surface area contributed by atoms with Gasteiger partial charge in [0, 0.05) is 33.2 Å². The fourth-order valence-corrected chi connectivity index (χ4v) is 5.20. The first kappa shape index (κ1) is 21.4. The van der Waals surface area contributed by atoms with Crippen LogP contribution in [0.3, 0.4) is 0 Å². The molecule has 1 fully saturated rings. The van der Waals surface area contributed by atoms with Crippen LogP contribution in [0.5, 0.6) is 0 Å². The van der Waals surface area contributed by atoms with E-state index in [0.717, 1.165) is 48.2 Å². The molecule has 0 radical (unpaired) electrons. The lowest BCUT2D eigenvalue weighted by molar-refractivity contribution is -0.117. The molecule has 0 unspecified atom stereocenters. The van der Waals surface area contributed by atoms with Gasteiger partial charge in [-0.15, -0.1) is 0 Å². The molecule has 4 aromatic rings. The van der Waals surface area contributed by atoms with Crippen LogP contribution in [0.4, 0.5) is 10.8 Å². The maximum absolute atomic E-state index is 13.0. The molecule has 2 aromatic heterocycles. The lowest BCUT2D eigenvalue weighted by Gasteiger charge is -2.34. The number of nitrogens with zero attached hydrogens (tertiary/aromatic N) is 5. The number of anilines is 2. The van der Waals surface area contributed by atoms with Crippen molar-refractivity contribution in [3.63, 3.8) is 0 Å². The lowest BCUT2D eigenvalue weighted by Crippen LogP contribution is -2.48. The molecule has 8 nitrogen and oxygen atoms in total. The summed E-state index contributed by atoms with van der Waals surface area (Å²) >= 11 is 1.70. The number of carbonyl (C=O) groups excluding carboxylic acids is 1. The second-order valence-corrected chi connectivity index (χ2v) is 9.22. The minimum atomic E-state index is -0.227. The number of rotatable bonds is 5. The highest BCUT2D eigenvalue weighted by atomic mass is 32.1. The Morgan fingerprint density at radius 2 is 1.73 bits per heavy atom. The smallest absolute Gasteiger partial charge is 0.295 e. The van der Waals surface area contributed by atoms with E-state index >= 15 is 0 Å². The number of piperazine rings is 1. The molecule has 2 aromatic carbocycles. The fourth-order valence-electron chi connectivity index (χ4n) is 4.19. The van der Waals surface area contributed by atoms with Crippen molar-refractivity contribution in [2.24, 2.45) is 7.05 Å².